The van der Waals surface area contributed by atoms with Gasteiger partial charge >= 0.3 is 0 Å². The summed E-state index contributed by atoms with van der Waals surface area (Å²) in [5.74, 6) is 0.227. The van der Waals surface area contributed by atoms with Crippen LogP contribution in [0.25, 0.3) is 0 Å². The SMILES string of the molecule is CCC1CC2/C=C\COc3cccc(c3)Cc3ncc(F)c(n3)N[C@H]2[C@H]1C(N)=O. The summed E-state index contributed by atoms with van der Waals surface area (Å²) in [7, 11) is 0. The fourth-order valence-electron chi connectivity index (χ4n) is 4.48. The van der Waals surface area contributed by atoms with Crippen molar-refractivity contribution in [2.45, 2.75) is 32.2 Å². The molecule has 2 aromatic rings. The molecule has 4 atom stereocenters. The quantitative estimate of drug-likeness (QED) is 0.762. The first kappa shape index (κ1) is 19.4. The number of carbonyl (C=O) groups is 1. The van der Waals surface area contributed by atoms with Gasteiger partial charge in [0.25, 0.3) is 0 Å². The Morgan fingerprint density at radius 3 is 3.07 bits per heavy atom. The molecule has 0 saturated heterocycles. The van der Waals surface area contributed by atoms with Gasteiger partial charge in [-0.15, -0.1) is 0 Å². The largest absolute Gasteiger partial charge is 0.490 e. The Hall–Kier alpha value is -2.96. The van der Waals surface area contributed by atoms with Crippen LogP contribution in [-0.2, 0) is 11.2 Å². The van der Waals surface area contributed by atoms with E-state index in [2.05, 4.69) is 15.3 Å². The highest BCUT2D eigenvalue weighted by Crippen LogP contribution is 2.41. The maximum Gasteiger partial charge on any atom is 0.222 e. The molecule has 2 aliphatic rings. The fourth-order valence-corrected chi connectivity index (χ4v) is 4.48. The van der Waals surface area contributed by atoms with Crippen molar-refractivity contribution in [2.24, 2.45) is 23.5 Å². The first-order valence-corrected chi connectivity index (χ1v) is 10.0. The number of benzene rings is 1. The van der Waals surface area contributed by atoms with Crippen LogP contribution in [0.4, 0.5) is 10.2 Å². The van der Waals surface area contributed by atoms with Crippen LogP contribution in [0, 0.1) is 23.6 Å². The minimum Gasteiger partial charge on any atom is -0.490 e. The van der Waals surface area contributed by atoms with E-state index in [0.29, 0.717) is 18.9 Å². The van der Waals surface area contributed by atoms with Crippen LogP contribution in [0.3, 0.4) is 0 Å². The average molecular weight is 396 g/mol. The van der Waals surface area contributed by atoms with E-state index in [0.717, 1.165) is 24.2 Å². The number of halogens is 1. The monoisotopic (exact) mass is 396 g/mol. The first-order valence-electron chi connectivity index (χ1n) is 10.0. The van der Waals surface area contributed by atoms with Crippen LogP contribution >= 0.6 is 0 Å². The number of hydrogen-bond donors (Lipinski definition) is 2. The minimum atomic E-state index is -0.538. The lowest BCUT2D eigenvalue weighted by Gasteiger charge is -2.25. The lowest BCUT2D eigenvalue weighted by atomic mass is 9.90. The number of rotatable bonds is 2. The van der Waals surface area contributed by atoms with Crippen molar-refractivity contribution in [1.82, 2.24) is 9.97 Å². The van der Waals surface area contributed by atoms with Gasteiger partial charge in [0.1, 0.15) is 18.2 Å². The molecule has 1 fully saturated rings. The third-order valence-electron chi connectivity index (χ3n) is 5.87. The molecule has 6 nitrogen and oxygen atoms in total. The number of anilines is 1. The molecule has 29 heavy (non-hydrogen) atoms. The molecule has 0 radical (unpaired) electrons. The Balaban J connectivity index is 1.75. The number of hydrogen-bond acceptors (Lipinski definition) is 5. The van der Waals surface area contributed by atoms with Gasteiger partial charge in [0, 0.05) is 12.5 Å². The van der Waals surface area contributed by atoms with Crippen molar-refractivity contribution in [3.8, 4) is 5.75 Å². The van der Waals surface area contributed by atoms with Crippen molar-refractivity contribution in [1.29, 1.82) is 0 Å². The van der Waals surface area contributed by atoms with Gasteiger partial charge in [-0.3, -0.25) is 4.79 Å². The zero-order valence-corrected chi connectivity index (χ0v) is 16.3. The number of aromatic nitrogens is 2. The van der Waals surface area contributed by atoms with E-state index in [1.165, 1.54) is 6.20 Å². The predicted molar refractivity (Wildman–Crippen MR) is 108 cm³/mol. The molecule has 1 aromatic heterocycles. The summed E-state index contributed by atoms with van der Waals surface area (Å²) in [5.41, 5.74) is 6.71. The zero-order valence-electron chi connectivity index (χ0n) is 16.3. The first-order chi connectivity index (χ1) is 14.0. The molecule has 0 spiro atoms. The summed E-state index contributed by atoms with van der Waals surface area (Å²) in [6.07, 6.45) is 7.25. The highest BCUT2D eigenvalue weighted by atomic mass is 19.1. The van der Waals surface area contributed by atoms with Crippen molar-refractivity contribution in [3.05, 3.63) is 59.8 Å². The molecule has 1 aromatic carbocycles. The van der Waals surface area contributed by atoms with E-state index >= 15 is 0 Å². The minimum absolute atomic E-state index is 0.0214. The van der Waals surface area contributed by atoms with Gasteiger partial charge in [-0.1, -0.05) is 37.6 Å². The van der Waals surface area contributed by atoms with E-state index in [4.69, 9.17) is 10.5 Å². The van der Waals surface area contributed by atoms with E-state index in [-0.39, 0.29) is 29.6 Å². The molecular weight excluding hydrogens is 371 g/mol. The molecule has 4 bridgehead atoms. The summed E-state index contributed by atoms with van der Waals surface area (Å²) in [6.45, 7) is 2.46. The fraction of sp³-hybridized carbons (Fsp3) is 0.409. The third kappa shape index (κ3) is 4.09. The average Bonchev–Trinajstić information content (AvgIpc) is 3.05. The molecule has 7 heteroatoms. The van der Waals surface area contributed by atoms with Gasteiger partial charge in [-0.25, -0.2) is 14.4 Å². The van der Waals surface area contributed by atoms with Crippen LogP contribution in [-0.4, -0.2) is 28.5 Å². The number of nitrogens with one attached hydrogen (secondary N) is 1. The zero-order chi connectivity index (χ0) is 20.4. The number of amides is 1. The smallest absolute Gasteiger partial charge is 0.222 e. The standard InChI is InChI=1S/C22H25FN4O2/c1-2-14-11-15-6-4-8-29-16-7-3-5-13(9-16)10-18-25-12-17(23)22(26-18)27-20(15)19(14)21(24)28/h3-7,9,12,14-15,19-20H,2,8,10-11H2,1H3,(H2,24,28)(H,25,26,27)/b6-4-/t14?,15?,19-,20+/m0/s1. The molecule has 1 amide bonds. The summed E-state index contributed by atoms with van der Waals surface area (Å²) < 4.78 is 20.4. The Kier molecular flexibility index (Phi) is 5.47. The number of fused-ring (bicyclic) bond motifs is 5. The summed E-state index contributed by atoms with van der Waals surface area (Å²) >= 11 is 0. The van der Waals surface area contributed by atoms with E-state index in [9.17, 15) is 9.18 Å². The van der Waals surface area contributed by atoms with Gasteiger partial charge in [0.05, 0.1) is 12.1 Å². The lowest BCUT2D eigenvalue weighted by molar-refractivity contribution is -0.123. The normalized spacial score (nSPS) is 27.1. The van der Waals surface area contributed by atoms with Gasteiger partial charge in [0.2, 0.25) is 5.91 Å². The highest BCUT2D eigenvalue weighted by molar-refractivity contribution is 5.79. The molecule has 1 aliphatic heterocycles. The Morgan fingerprint density at radius 1 is 1.41 bits per heavy atom. The van der Waals surface area contributed by atoms with Crippen LogP contribution in [0.15, 0.2) is 42.6 Å². The molecule has 2 heterocycles. The number of carbonyl (C=O) groups excluding carboxylic acids is 1. The maximum atomic E-state index is 14.5. The predicted octanol–water partition coefficient (Wildman–Crippen LogP) is 3.08. The summed E-state index contributed by atoms with van der Waals surface area (Å²) in [6, 6.07) is 7.38. The van der Waals surface area contributed by atoms with Crippen molar-refractivity contribution in [3.63, 3.8) is 0 Å². The van der Waals surface area contributed by atoms with E-state index < -0.39 is 11.7 Å². The Bertz CT molecular complexity index is 933. The topological polar surface area (TPSA) is 90.1 Å². The molecule has 2 unspecified atom stereocenters. The van der Waals surface area contributed by atoms with Crippen molar-refractivity contribution in [2.75, 3.05) is 11.9 Å². The van der Waals surface area contributed by atoms with Gasteiger partial charge in [-0.05, 0) is 36.0 Å². The molecule has 1 saturated carbocycles. The highest BCUT2D eigenvalue weighted by Gasteiger charge is 2.44. The summed E-state index contributed by atoms with van der Waals surface area (Å²) in [4.78, 5) is 20.8. The summed E-state index contributed by atoms with van der Waals surface area (Å²) in [5, 5.41) is 3.19. The van der Waals surface area contributed by atoms with Crippen LogP contribution in [0.2, 0.25) is 0 Å². The second kappa shape index (κ2) is 8.19. The molecular formula is C22H25FN4O2. The number of nitrogens with two attached hydrogens (primary N) is 1. The molecule has 1 aliphatic carbocycles. The van der Waals surface area contributed by atoms with Gasteiger partial charge < -0.3 is 15.8 Å². The number of primary amides is 1. The van der Waals surface area contributed by atoms with Crippen LogP contribution in [0.1, 0.15) is 31.2 Å². The molecule has 3 N–H and O–H groups in total. The van der Waals surface area contributed by atoms with E-state index in [1.807, 2.05) is 43.3 Å². The molecule has 152 valence electrons. The van der Waals surface area contributed by atoms with Crippen LogP contribution < -0.4 is 15.8 Å². The number of nitrogens with zero attached hydrogens (tertiary/aromatic N) is 2. The van der Waals surface area contributed by atoms with E-state index in [1.54, 1.807) is 0 Å². The Labute approximate surface area is 169 Å². The molecule has 4 rings (SSSR count). The van der Waals surface area contributed by atoms with Crippen molar-refractivity contribution < 1.29 is 13.9 Å². The number of ether oxygens (including phenoxy) is 1. The third-order valence-corrected chi connectivity index (χ3v) is 5.87. The lowest BCUT2D eigenvalue weighted by Crippen LogP contribution is -2.40. The second-order valence-corrected chi connectivity index (χ2v) is 7.71. The maximum absolute atomic E-state index is 14.5. The van der Waals surface area contributed by atoms with Crippen LogP contribution in [0.5, 0.6) is 5.75 Å². The van der Waals surface area contributed by atoms with Gasteiger partial charge in [-0.2, -0.15) is 0 Å². The second-order valence-electron chi connectivity index (χ2n) is 7.71. The van der Waals surface area contributed by atoms with Crippen molar-refractivity contribution >= 4 is 11.7 Å². The Morgan fingerprint density at radius 2 is 2.28 bits per heavy atom. The van der Waals surface area contributed by atoms with Gasteiger partial charge in [0.15, 0.2) is 11.6 Å².